The first-order valence-corrected chi connectivity index (χ1v) is 5.09. The number of rotatable bonds is 4. The molecule has 1 aromatic heterocycles. The van der Waals surface area contributed by atoms with Crippen molar-refractivity contribution in [1.82, 2.24) is 10.3 Å². The van der Waals surface area contributed by atoms with Crippen LogP contribution in [0, 0.1) is 0 Å². The van der Waals surface area contributed by atoms with Gasteiger partial charge in [-0.15, -0.1) is 0 Å². The molecule has 0 bridgehead atoms. The first-order chi connectivity index (χ1) is 8.34. The molecule has 1 amide bonds. The predicted octanol–water partition coefficient (Wildman–Crippen LogP) is 0.942. The number of nitrogens with one attached hydrogen (secondary N) is 3. The highest BCUT2D eigenvalue weighted by Crippen LogP contribution is 2.29. The number of halogens is 3. The fourth-order valence-corrected chi connectivity index (χ4v) is 1.19. The van der Waals surface area contributed by atoms with Crippen LogP contribution in [0.3, 0.4) is 0 Å². The lowest BCUT2D eigenvalue weighted by molar-refractivity contribution is -0.137. The molecule has 0 saturated heterocycles. The van der Waals surface area contributed by atoms with Crippen LogP contribution in [-0.2, 0) is 11.0 Å². The molecule has 8 heteroatoms. The minimum Gasteiger partial charge on any atom is -0.327 e. The van der Waals surface area contributed by atoms with Gasteiger partial charge in [-0.25, -0.2) is 0 Å². The van der Waals surface area contributed by atoms with Gasteiger partial charge in [0, 0.05) is 19.2 Å². The van der Waals surface area contributed by atoms with Gasteiger partial charge in [-0.3, -0.25) is 9.59 Å². The maximum absolute atomic E-state index is 12.4. The SMILES string of the molecule is CNCCC(=O)Nc1cc(C(F)(F)F)c[nH]c1=O. The molecular weight excluding hydrogens is 251 g/mol. The van der Waals surface area contributed by atoms with Crippen molar-refractivity contribution in [3.63, 3.8) is 0 Å². The number of anilines is 1. The molecular formula is C10H12F3N3O2. The topological polar surface area (TPSA) is 74.0 Å². The molecule has 0 aliphatic rings. The Morgan fingerprint density at radius 1 is 1.44 bits per heavy atom. The van der Waals surface area contributed by atoms with Gasteiger partial charge >= 0.3 is 6.18 Å². The summed E-state index contributed by atoms with van der Waals surface area (Å²) < 4.78 is 37.2. The predicted molar refractivity (Wildman–Crippen MR) is 59.2 cm³/mol. The lowest BCUT2D eigenvalue weighted by Gasteiger charge is -2.09. The molecule has 0 aromatic carbocycles. The molecule has 1 aromatic rings. The second kappa shape index (κ2) is 5.67. The summed E-state index contributed by atoms with van der Waals surface area (Å²) in [4.78, 5) is 24.5. The summed E-state index contributed by atoms with van der Waals surface area (Å²) >= 11 is 0. The number of carbonyl (C=O) groups is 1. The lowest BCUT2D eigenvalue weighted by Crippen LogP contribution is -2.23. The average Bonchev–Trinajstić information content (AvgIpc) is 2.28. The zero-order chi connectivity index (χ0) is 13.8. The fraction of sp³-hybridized carbons (Fsp3) is 0.400. The highest BCUT2D eigenvalue weighted by molar-refractivity contribution is 5.90. The Labute approximate surface area is 100 Å². The van der Waals surface area contributed by atoms with Crippen molar-refractivity contribution < 1.29 is 18.0 Å². The Balaban J connectivity index is 2.88. The summed E-state index contributed by atoms with van der Waals surface area (Å²) in [6.45, 7) is 0.364. The van der Waals surface area contributed by atoms with Crippen LogP contribution in [0.25, 0.3) is 0 Å². The summed E-state index contributed by atoms with van der Waals surface area (Å²) in [6, 6.07) is 0.607. The van der Waals surface area contributed by atoms with Crippen molar-refractivity contribution in [2.45, 2.75) is 12.6 Å². The summed E-state index contributed by atoms with van der Waals surface area (Å²) in [7, 11) is 1.63. The number of hydrogen-bond donors (Lipinski definition) is 3. The van der Waals surface area contributed by atoms with E-state index in [0.717, 1.165) is 0 Å². The van der Waals surface area contributed by atoms with Gasteiger partial charge in [0.25, 0.3) is 5.56 Å². The largest absolute Gasteiger partial charge is 0.417 e. The molecule has 0 saturated carbocycles. The molecule has 18 heavy (non-hydrogen) atoms. The van der Waals surface area contributed by atoms with Gasteiger partial charge in [0.2, 0.25) is 5.91 Å². The van der Waals surface area contributed by atoms with E-state index in [2.05, 4.69) is 10.6 Å². The number of pyridine rings is 1. The van der Waals surface area contributed by atoms with E-state index in [1.54, 1.807) is 7.05 Å². The number of H-pyrrole nitrogens is 1. The molecule has 100 valence electrons. The summed E-state index contributed by atoms with van der Waals surface area (Å²) in [5, 5.41) is 4.84. The summed E-state index contributed by atoms with van der Waals surface area (Å²) in [5.74, 6) is -0.533. The maximum Gasteiger partial charge on any atom is 0.417 e. The van der Waals surface area contributed by atoms with E-state index in [-0.39, 0.29) is 6.42 Å². The first-order valence-electron chi connectivity index (χ1n) is 5.09. The quantitative estimate of drug-likeness (QED) is 0.757. The van der Waals surface area contributed by atoms with E-state index in [0.29, 0.717) is 18.8 Å². The second-order valence-corrected chi connectivity index (χ2v) is 3.53. The Morgan fingerprint density at radius 2 is 2.11 bits per heavy atom. The minimum atomic E-state index is -4.57. The standard InChI is InChI=1S/C10H12F3N3O2/c1-14-3-2-8(17)16-7-4-6(10(11,12)13)5-15-9(7)18/h4-5,14H,2-3H2,1H3,(H,15,18)(H,16,17). The van der Waals surface area contributed by atoms with E-state index in [1.807, 2.05) is 4.98 Å². The van der Waals surface area contributed by atoms with Crippen LogP contribution in [-0.4, -0.2) is 24.5 Å². The molecule has 1 rings (SSSR count). The molecule has 0 atom stereocenters. The van der Waals surface area contributed by atoms with E-state index in [9.17, 15) is 22.8 Å². The number of hydrogen-bond acceptors (Lipinski definition) is 3. The zero-order valence-corrected chi connectivity index (χ0v) is 9.52. The van der Waals surface area contributed by atoms with Crippen molar-refractivity contribution in [2.24, 2.45) is 0 Å². The Morgan fingerprint density at radius 3 is 2.67 bits per heavy atom. The van der Waals surface area contributed by atoms with E-state index in [4.69, 9.17) is 0 Å². The highest BCUT2D eigenvalue weighted by atomic mass is 19.4. The fourth-order valence-electron chi connectivity index (χ4n) is 1.19. The number of alkyl halides is 3. The van der Waals surface area contributed by atoms with Crippen LogP contribution in [0.4, 0.5) is 18.9 Å². The monoisotopic (exact) mass is 263 g/mol. The van der Waals surface area contributed by atoms with Gasteiger partial charge in [0.05, 0.1) is 5.56 Å². The maximum atomic E-state index is 12.4. The number of aromatic amines is 1. The van der Waals surface area contributed by atoms with Crippen LogP contribution in [0.15, 0.2) is 17.1 Å². The Hall–Kier alpha value is -1.83. The number of amides is 1. The van der Waals surface area contributed by atoms with Gasteiger partial charge in [-0.05, 0) is 13.1 Å². The molecule has 1 heterocycles. The lowest BCUT2D eigenvalue weighted by atomic mass is 10.2. The van der Waals surface area contributed by atoms with Gasteiger partial charge in [0.15, 0.2) is 0 Å². The van der Waals surface area contributed by atoms with Crippen molar-refractivity contribution in [3.8, 4) is 0 Å². The first kappa shape index (κ1) is 14.2. The second-order valence-electron chi connectivity index (χ2n) is 3.53. The summed E-state index contributed by atoms with van der Waals surface area (Å²) in [6.07, 6.45) is -3.95. The van der Waals surface area contributed by atoms with Crippen LogP contribution < -0.4 is 16.2 Å². The van der Waals surface area contributed by atoms with Crippen LogP contribution >= 0.6 is 0 Å². The molecule has 0 spiro atoms. The molecule has 0 radical (unpaired) electrons. The molecule has 0 fully saturated rings. The smallest absolute Gasteiger partial charge is 0.327 e. The number of aromatic nitrogens is 1. The third-order valence-corrected chi connectivity index (χ3v) is 2.11. The number of carbonyl (C=O) groups excluding carboxylic acids is 1. The van der Waals surface area contributed by atoms with Crippen molar-refractivity contribution in [1.29, 1.82) is 0 Å². The Bertz CT molecular complexity index is 482. The molecule has 3 N–H and O–H groups in total. The van der Waals surface area contributed by atoms with E-state index >= 15 is 0 Å². The van der Waals surface area contributed by atoms with Gasteiger partial charge in [0.1, 0.15) is 5.69 Å². The van der Waals surface area contributed by atoms with Gasteiger partial charge < -0.3 is 15.6 Å². The van der Waals surface area contributed by atoms with Crippen LogP contribution in [0.2, 0.25) is 0 Å². The normalized spacial score (nSPS) is 11.3. The molecule has 0 unspecified atom stereocenters. The van der Waals surface area contributed by atoms with Crippen molar-refractivity contribution in [3.05, 3.63) is 28.2 Å². The average molecular weight is 263 g/mol. The van der Waals surface area contributed by atoms with Gasteiger partial charge in [-0.2, -0.15) is 13.2 Å². The van der Waals surface area contributed by atoms with E-state index < -0.39 is 28.9 Å². The highest BCUT2D eigenvalue weighted by Gasteiger charge is 2.31. The minimum absolute atomic E-state index is 0.0617. The molecule has 0 aliphatic carbocycles. The molecule has 5 nitrogen and oxygen atoms in total. The van der Waals surface area contributed by atoms with E-state index in [1.165, 1.54) is 0 Å². The van der Waals surface area contributed by atoms with Crippen LogP contribution in [0.5, 0.6) is 0 Å². The van der Waals surface area contributed by atoms with Crippen molar-refractivity contribution >= 4 is 11.6 Å². The summed E-state index contributed by atoms with van der Waals surface area (Å²) in [5.41, 5.74) is -2.21. The molecule has 0 aliphatic heterocycles. The van der Waals surface area contributed by atoms with Crippen molar-refractivity contribution in [2.75, 3.05) is 18.9 Å². The Kier molecular flexibility index (Phi) is 4.49. The third kappa shape index (κ3) is 3.88. The van der Waals surface area contributed by atoms with Gasteiger partial charge in [-0.1, -0.05) is 0 Å². The third-order valence-electron chi connectivity index (χ3n) is 2.11. The van der Waals surface area contributed by atoms with Crippen LogP contribution in [0.1, 0.15) is 12.0 Å². The zero-order valence-electron chi connectivity index (χ0n) is 9.52.